The standard InChI is InChI=1S/C15H24ClN3/c1-15(2)6-4-10(5-7-15)13(18-3)12-8-11(16)9-19-14(12)17/h8-10,13,18H,4-7H2,1-3H3,(H2,17,19). The van der Waals surface area contributed by atoms with Crippen molar-refractivity contribution in [3.05, 3.63) is 22.8 Å². The minimum atomic E-state index is 0.252. The summed E-state index contributed by atoms with van der Waals surface area (Å²) in [7, 11) is 1.99. The summed E-state index contributed by atoms with van der Waals surface area (Å²) in [5, 5.41) is 4.06. The number of aromatic nitrogens is 1. The third-order valence-corrected chi connectivity index (χ3v) is 4.62. The van der Waals surface area contributed by atoms with Gasteiger partial charge in [-0.25, -0.2) is 4.98 Å². The second-order valence-electron chi connectivity index (χ2n) is 6.40. The molecule has 1 aromatic rings. The first kappa shape index (κ1) is 14.6. The van der Waals surface area contributed by atoms with Gasteiger partial charge in [-0.2, -0.15) is 0 Å². The molecular formula is C15H24ClN3. The van der Waals surface area contributed by atoms with E-state index in [4.69, 9.17) is 17.3 Å². The number of hydrogen-bond donors (Lipinski definition) is 2. The lowest BCUT2D eigenvalue weighted by Gasteiger charge is -2.38. The van der Waals surface area contributed by atoms with Gasteiger partial charge in [0.25, 0.3) is 0 Å². The van der Waals surface area contributed by atoms with E-state index in [1.54, 1.807) is 6.20 Å². The fourth-order valence-corrected chi connectivity index (χ4v) is 3.28. The highest BCUT2D eigenvalue weighted by atomic mass is 35.5. The van der Waals surface area contributed by atoms with Crippen molar-refractivity contribution in [2.24, 2.45) is 11.3 Å². The Bertz CT molecular complexity index is 435. The highest BCUT2D eigenvalue weighted by molar-refractivity contribution is 6.30. The molecule has 0 radical (unpaired) electrons. The summed E-state index contributed by atoms with van der Waals surface area (Å²) in [5.74, 6) is 1.20. The van der Waals surface area contributed by atoms with Crippen LogP contribution >= 0.6 is 11.6 Å². The molecule has 0 aromatic carbocycles. The number of pyridine rings is 1. The van der Waals surface area contributed by atoms with Gasteiger partial charge in [0.15, 0.2) is 0 Å². The Morgan fingerprint density at radius 1 is 1.42 bits per heavy atom. The second-order valence-corrected chi connectivity index (χ2v) is 6.83. The van der Waals surface area contributed by atoms with Crippen LogP contribution in [0.3, 0.4) is 0 Å². The Balaban J connectivity index is 2.18. The van der Waals surface area contributed by atoms with Crippen molar-refractivity contribution >= 4 is 17.4 Å². The van der Waals surface area contributed by atoms with Gasteiger partial charge in [0.2, 0.25) is 0 Å². The number of nitrogen functional groups attached to an aromatic ring is 1. The van der Waals surface area contributed by atoms with Crippen molar-refractivity contribution in [1.82, 2.24) is 10.3 Å². The van der Waals surface area contributed by atoms with Crippen LogP contribution in [0, 0.1) is 11.3 Å². The topological polar surface area (TPSA) is 50.9 Å². The van der Waals surface area contributed by atoms with E-state index in [0.29, 0.717) is 22.2 Å². The van der Waals surface area contributed by atoms with Gasteiger partial charge in [-0.05, 0) is 50.1 Å². The highest BCUT2D eigenvalue weighted by Crippen LogP contribution is 2.43. The molecule has 106 valence electrons. The summed E-state index contributed by atoms with van der Waals surface area (Å²) >= 11 is 6.06. The minimum Gasteiger partial charge on any atom is -0.383 e. The molecule has 1 unspecified atom stereocenters. The van der Waals surface area contributed by atoms with Crippen LogP contribution in [0.15, 0.2) is 12.3 Å². The van der Waals surface area contributed by atoms with Crippen molar-refractivity contribution in [2.75, 3.05) is 12.8 Å². The number of halogens is 1. The Morgan fingerprint density at radius 2 is 2.05 bits per heavy atom. The zero-order valence-electron chi connectivity index (χ0n) is 12.0. The van der Waals surface area contributed by atoms with Crippen molar-refractivity contribution < 1.29 is 0 Å². The first-order chi connectivity index (χ1) is 8.93. The number of anilines is 1. The molecule has 1 atom stereocenters. The largest absolute Gasteiger partial charge is 0.383 e. The molecule has 0 aliphatic heterocycles. The maximum absolute atomic E-state index is 6.06. The summed E-state index contributed by atoms with van der Waals surface area (Å²) in [6, 6.07) is 2.20. The normalized spacial score (nSPS) is 21.3. The number of hydrogen-bond acceptors (Lipinski definition) is 3. The summed E-state index contributed by atoms with van der Waals surface area (Å²) in [6.07, 6.45) is 6.60. The van der Waals surface area contributed by atoms with E-state index in [9.17, 15) is 0 Å². The maximum atomic E-state index is 6.06. The van der Waals surface area contributed by atoms with Gasteiger partial charge in [0, 0.05) is 17.8 Å². The Morgan fingerprint density at radius 3 is 2.63 bits per heavy atom. The quantitative estimate of drug-likeness (QED) is 0.886. The molecule has 3 N–H and O–H groups in total. The van der Waals surface area contributed by atoms with Crippen molar-refractivity contribution in [3.63, 3.8) is 0 Å². The van der Waals surface area contributed by atoms with Crippen molar-refractivity contribution in [2.45, 2.75) is 45.6 Å². The lowest BCUT2D eigenvalue weighted by atomic mass is 9.70. The lowest BCUT2D eigenvalue weighted by Crippen LogP contribution is -2.31. The Labute approximate surface area is 120 Å². The number of nitrogens with one attached hydrogen (secondary N) is 1. The summed E-state index contributed by atoms with van der Waals surface area (Å²) in [4.78, 5) is 4.18. The van der Waals surface area contributed by atoms with E-state index in [2.05, 4.69) is 24.1 Å². The van der Waals surface area contributed by atoms with E-state index in [0.717, 1.165) is 5.56 Å². The van der Waals surface area contributed by atoms with Gasteiger partial charge >= 0.3 is 0 Å². The highest BCUT2D eigenvalue weighted by Gasteiger charge is 2.32. The molecule has 0 bridgehead atoms. The molecule has 1 aliphatic carbocycles. The molecule has 0 saturated heterocycles. The molecule has 1 aromatic heterocycles. The molecule has 1 aliphatic rings. The van der Waals surface area contributed by atoms with E-state index < -0.39 is 0 Å². The van der Waals surface area contributed by atoms with E-state index >= 15 is 0 Å². The monoisotopic (exact) mass is 281 g/mol. The van der Waals surface area contributed by atoms with Crippen LogP contribution in [0.2, 0.25) is 5.02 Å². The zero-order valence-corrected chi connectivity index (χ0v) is 12.8. The molecule has 2 rings (SSSR count). The molecule has 3 nitrogen and oxygen atoms in total. The maximum Gasteiger partial charge on any atom is 0.128 e. The third kappa shape index (κ3) is 3.40. The van der Waals surface area contributed by atoms with E-state index in [1.165, 1.54) is 25.7 Å². The third-order valence-electron chi connectivity index (χ3n) is 4.42. The van der Waals surface area contributed by atoms with Crippen molar-refractivity contribution in [3.8, 4) is 0 Å². The van der Waals surface area contributed by atoms with Crippen LogP contribution in [0.25, 0.3) is 0 Å². The van der Waals surface area contributed by atoms with Crippen LogP contribution in [0.1, 0.15) is 51.1 Å². The zero-order chi connectivity index (χ0) is 14.0. The molecule has 0 spiro atoms. The van der Waals surface area contributed by atoms with E-state index in [-0.39, 0.29) is 6.04 Å². The first-order valence-electron chi connectivity index (χ1n) is 7.01. The Hall–Kier alpha value is -0.800. The van der Waals surface area contributed by atoms with Gasteiger partial charge in [0.05, 0.1) is 5.02 Å². The molecule has 0 amide bonds. The predicted molar refractivity (Wildman–Crippen MR) is 81.2 cm³/mol. The molecule has 4 heteroatoms. The van der Waals surface area contributed by atoms with Crippen LogP contribution in [-0.2, 0) is 0 Å². The molecular weight excluding hydrogens is 258 g/mol. The second kappa shape index (κ2) is 5.68. The fraction of sp³-hybridized carbons (Fsp3) is 0.667. The van der Waals surface area contributed by atoms with Crippen LogP contribution < -0.4 is 11.1 Å². The summed E-state index contributed by atoms with van der Waals surface area (Å²) in [6.45, 7) is 4.71. The van der Waals surface area contributed by atoms with Gasteiger partial charge in [0.1, 0.15) is 5.82 Å². The molecule has 19 heavy (non-hydrogen) atoms. The van der Waals surface area contributed by atoms with Gasteiger partial charge < -0.3 is 11.1 Å². The van der Waals surface area contributed by atoms with Crippen molar-refractivity contribution in [1.29, 1.82) is 0 Å². The lowest BCUT2D eigenvalue weighted by molar-refractivity contribution is 0.164. The molecule has 1 saturated carbocycles. The van der Waals surface area contributed by atoms with Crippen LogP contribution in [-0.4, -0.2) is 12.0 Å². The Kier molecular flexibility index (Phi) is 4.36. The predicted octanol–water partition coefficient (Wildman–Crippen LogP) is 3.79. The van der Waals surface area contributed by atoms with Gasteiger partial charge in [-0.15, -0.1) is 0 Å². The number of nitrogens with two attached hydrogens (primary N) is 1. The van der Waals surface area contributed by atoms with Gasteiger partial charge in [-0.3, -0.25) is 0 Å². The summed E-state index contributed by atoms with van der Waals surface area (Å²) < 4.78 is 0. The average Bonchev–Trinajstić information content (AvgIpc) is 2.36. The molecule has 1 heterocycles. The minimum absolute atomic E-state index is 0.252. The van der Waals surface area contributed by atoms with E-state index in [1.807, 2.05) is 13.1 Å². The van der Waals surface area contributed by atoms with Crippen LogP contribution in [0.5, 0.6) is 0 Å². The SMILES string of the molecule is CNC(c1cc(Cl)cnc1N)C1CCC(C)(C)CC1. The number of rotatable bonds is 3. The smallest absolute Gasteiger partial charge is 0.128 e. The first-order valence-corrected chi connectivity index (χ1v) is 7.39. The van der Waals surface area contributed by atoms with Crippen LogP contribution in [0.4, 0.5) is 5.82 Å². The fourth-order valence-electron chi connectivity index (χ4n) is 3.11. The van der Waals surface area contributed by atoms with Gasteiger partial charge in [-0.1, -0.05) is 25.4 Å². The summed E-state index contributed by atoms with van der Waals surface area (Å²) in [5.41, 5.74) is 7.54. The molecule has 1 fully saturated rings. The average molecular weight is 282 g/mol. The number of nitrogens with zero attached hydrogens (tertiary/aromatic N) is 1.